The molecule has 4 nitrogen and oxygen atoms in total. The second kappa shape index (κ2) is 6.82. The molecule has 0 aromatic heterocycles. The third-order valence-corrected chi connectivity index (χ3v) is 2.94. The van der Waals surface area contributed by atoms with Gasteiger partial charge < -0.3 is 14.7 Å². The number of rotatable bonds is 5. The topological polar surface area (TPSA) is 51.0 Å². The van der Waals surface area contributed by atoms with E-state index in [1.807, 2.05) is 18.2 Å². The monoisotopic (exact) mass is 291 g/mol. The quantitative estimate of drug-likeness (QED) is 0.519. The second-order valence-electron chi connectivity index (χ2n) is 4.07. The Morgan fingerprint density at radius 3 is 2.80 bits per heavy atom. The fourth-order valence-corrected chi connectivity index (χ4v) is 1.94. The van der Waals surface area contributed by atoms with Crippen LogP contribution in [0, 0.1) is 0 Å². The van der Waals surface area contributed by atoms with Crippen LogP contribution in [0.5, 0.6) is 11.5 Å². The van der Waals surface area contributed by atoms with Gasteiger partial charge in [-0.15, -0.1) is 0 Å². The summed E-state index contributed by atoms with van der Waals surface area (Å²) < 4.78 is 10.9. The van der Waals surface area contributed by atoms with Crippen LogP contribution in [-0.4, -0.2) is 18.5 Å². The largest absolute Gasteiger partial charge is 0.497 e. The van der Waals surface area contributed by atoms with E-state index in [9.17, 15) is 0 Å². The zero-order valence-corrected chi connectivity index (χ0v) is 11.7. The number of methoxy groups -OCH3 is 1. The Bertz CT molecular complexity index is 614. The molecule has 1 N–H and O–H groups in total. The van der Waals surface area contributed by atoms with E-state index >= 15 is 0 Å². The number of benzene rings is 2. The van der Waals surface area contributed by atoms with Gasteiger partial charge in [0.15, 0.2) is 0 Å². The van der Waals surface area contributed by atoms with Gasteiger partial charge in [-0.25, -0.2) is 0 Å². The maximum atomic E-state index is 8.66. The average Bonchev–Trinajstić information content (AvgIpc) is 2.46. The lowest BCUT2D eigenvalue weighted by atomic mass is 10.2. The first-order valence-electron chi connectivity index (χ1n) is 5.95. The Morgan fingerprint density at radius 1 is 1.25 bits per heavy atom. The molecule has 2 aromatic rings. The van der Waals surface area contributed by atoms with Crippen molar-refractivity contribution >= 4 is 17.8 Å². The molecular formula is C15H14ClNO3. The summed E-state index contributed by atoms with van der Waals surface area (Å²) in [6.45, 7) is 0.361. The van der Waals surface area contributed by atoms with Crippen molar-refractivity contribution in [1.29, 1.82) is 0 Å². The van der Waals surface area contributed by atoms with E-state index in [1.165, 1.54) is 6.21 Å². The molecule has 0 aliphatic carbocycles. The summed E-state index contributed by atoms with van der Waals surface area (Å²) in [5.74, 6) is 1.24. The van der Waals surface area contributed by atoms with Crippen molar-refractivity contribution in [2.45, 2.75) is 6.61 Å². The van der Waals surface area contributed by atoms with Gasteiger partial charge in [-0.1, -0.05) is 28.9 Å². The van der Waals surface area contributed by atoms with Crippen LogP contribution in [0.4, 0.5) is 0 Å². The molecule has 0 aliphatic heterocycles. The first-order chi connectivity index (χ1) is 9.72. The van der Waals surface area contributed by atoms with Crippen LogP contribution >= 0.6 is 11.6 Å². The van der Waals surface area contributed by atoms with E-state index in [1.54, 1.807) is 31.4 Å². The molecule has 104 valence electrons. The minimum Gasteiger partial charge on any atom is -0.497 e. The number of nitrogens with zero attached hydrogens (tertiary/aromatic N) is 1. The number of halogens is 1. The number of hydrogen-bond acceptors (Lipinski definition) is 4. The van der Waals surface area contributed by atoms with Gasteiger partial charge in [0, 0.05) is 16.7 Å². The summed E-state index contributed by atoms with van der Waals surface area (Å²) in [6, 6.07) is 12.7. The van der Waals surface area contributed by atoms with E-state index in [4.69, 9.17) is 26.3 Å². The summed E-state index contributed by atoms with van der Waals surface area (Å²) in [5, 5.41) is 12.3. The van der Waals surface area contributed by atoms with Gasteiger partial charge >= 0.3 is 0 Å². The van der Waals surface area contributed by atoms with Crippen molar-refractivity contribution in [1.82, 2.24) is 0 Å². The van der Waals surface area contributed by atoms with Gasteiger partial charge in [-0.05, 0) is 29.8 Å². The van der Waals surface area contributed by atoms with Crippen molar-refractivity contribution < 1.29 is 14.7 Å². The highest BCUT2D eigenvalue weighted by Gasteiger charge is 2.05. The van der Waals surface area contributed by atoms with Crippen LogP contribution in [0.15, 0.2) is 47.6 Å². The lowest BCUT2D eigenvalue weighted by molar-refractivity contribution is 0.302. The number of hydrogen-bond donors (Lipinski definition) is 1. The molecule has 0 aliphatic rings. The van der Waals surface area contributed by atoms with Crippen LogP contribution in [0.25, 0.3) is 0 Å². The highest BCUT2D eigenvalue weighted by Crippen LogP contribution is 2.25. The maximum absolute atomic E-state index is 8.66. The van der Waals surface area contributed by atoms with Crippen LogP contribution in [0.2, 0.25) is 5.02 Å². The number of ether oxygens (including phenoxy) is 2. The van der Waals surface area contributed by atoms with E-state index in [2.05, 4.69) is 5.16 Å². The highest BCUT2D eigenvalue weighted by atomic mass is 35.5. The Balaban J connectivity index is 2.18. The summed E-state index contributed by atoms with van der Waals surface area (Å²) in [6.07, 6.45) is 1.31. The average molecular weight is 292 g/mol. The SMILES string of the molecule is COc1ccc(/C=N/O)c(OCc2cccc(Cl)c2)c1. The summed E-state index contributed by atoms with van der Waals surface area (Å²) in [5.41, 5.74) is 1.61. The molecule has 2 aromatic carbocycles. The Morgan fingerprint density at radius 2 is 2.10 bits per heavy atom. The molecule has 0 saturated heterocycles. The molecule has 0 radical (unpaired) electrons. The maximum Gasteiger partial charge on any atom is 0.132 e. The third-order valence-electron chi connectivity index (χ3n) is 2.70. The summed E-state index contributed by atoms with van der Waals surface area (Å²) in [4.78, 5) is 0. The second-order valence-corrected chi connectivity index (χ2v) is 4.50. The lowest BCUT2D eigenvalue weighted by Gasteiger charge is -2.10. The molecule has 0 fully saturated rings. The molecule has 0 atom stereocenters. The van der Waals surface area contributed by atoms with E-state index in [0.29, 0.717) is 28.7 Å². The van der Waals surface area contributed by atoms with E-state index in [-0.39, 0.29) is 0 Å². The molecule has 0 amide bonds. The predicted octanol–water partition coefficient (Wildman–Crippen LogP) is 3.74. The first kappa shape index (κ1) is 14.2. The van der Waals surface area contributed by atoms with Crippen molar-refractivity contribution in [2.75, 3.05) is 7.11 Å². The fraction of sp³-hybridized carbons (Fsp3) is 0.133. The van der Waals surface area contributed by atoms with Gasteiger partial charge in [0.25, 0.3) is 0 Å². The molecule has 0 unspecified atom stereocenters. The van der Waals surface area contributed by atoms with Gasteiger partial charge in [-0.2, -0.15) is 0 Å². The van der Waals surface area contributed by atoms with Crippen LogP contribution in [-0.2, 0) is 6.61 Å². The fourth-order valence-electron chi connectivity index (χ4n) is 1.72. The van der Waals surface area contributed by atoms with Crippen molar-refractivity contribution in [2.24, 2.45) is 5.16 Å². The molecule has 2 rings (SSSR count). The van der Waals surface area contributed by atoms with E-state index < -0.39 is 0 Å². The van der Waals surface area contributed by atoms with Crippen molar-refractivity contribution in [3.63, 3.8) is 0 Å². The Hall–Kier alpha value is -2.20. The molecule has 5 heteroatoms. The predicted molar refractivity (Wildman–Crippen MR) is 78.2 cm³/mol. The molecule has 20 heavy (non-hydrogen) atoms. The van der Waals surface area contributed by atoms with Gasteiger partial charge in [0.2, 0.25) is 0 Å². The van der Waals surface area contributed by atoms with Crippen LogP contribution in [0.1, 0.15) is 11.1 Å². The zero-order valence-electron chi connectivity index (χ0n) is 10.9. The van der Waals surface area contributed by atoms with Crippen molar-refractivity contribution in [3.05, 3.63) is 58.6 Å². The zero-order chi connectivity index (χ0) is 14.4. The molecule has 0 heterocycles. The summed E-state index contributed by atoms with van der Waals surface area (Å²) in [7, 11) is 1.58. The van der Waals surface area contributed by atoms with Gasteiger partial charge in [0.05, 0.1) is 13.3 Å². The lowest BCUT2D eigenvalue weighted by Crippen LogP contribution is -1.99. The van der Waals surface area contributed by atoms with Crippen molar-refractivity contribution in [3.8, 4) is 11.5 Å². The Kier molecular flexibility index (Phi) is 4.85. The minimum absolute atomic E-state index is 0.361. The molecule has 0 spiro atoms. The summed E-state index contributed by atoms with van der Waals surface area (Å²) >= 11 is 5.93. The van der Waals surface area contributed by atoms with Crippen LogP contribution < -0.4 is 9.47 Å². The molecule has 0 saturated carbocycles. The standard InChI is InChI=1S/C15H14ClNO3/c1-19-14-6-5-12(9-17-18)15(8-14)20-10-11-3-2-4-13(16)7-11/h2-9,18H,10H2,1H3/b17-9+. The van der Waals surface area contributed by atoms with E-state index in [0.717, 1.165) is 5.56 Å². The minimum atomic E-state index is 0.361. The molecular weight excluding hydrogens is 278 g/mol. The first-order valence-corrected chi connectivity index (χ1v) is 6.33. The highest BCUT2D eigenvalue weighted by molar-refractivity contribution is 6.30. The Labute approximate surface area is 122 Å². The smallest absolute Gasteiger partial charge is 0.132 e. The molecule has 0 bridgehead atoms. The normalized spacial score (nSPS) is 10.7. The van der Waals surface area contributed by atoms with Gasteiger partial charge in [-0.3, -0.25) is 0 Å². The van der Waals surface area contributed by atoms with Gasteiger partial charge in [0.1, 0.15) is 18.1 Å². The third kappa shape index (κ3) is 3.65. The van der Waals surface area contributed by atoms with Crippen LogP contribution in [0.3, 0.4) is 0 Å². The number of oxime groups is 1.